The summed E-state index contributed by atoms with van der Waals surface area (Å²) in [6.07, 6.45) is 5.53. The third-order valence-electron chi connectivity index (χ3n) is 16.0. The highest BCUT2D eigenvalue weighted by Crippen LogP contribution is 2.76. The molecular formula is C37H58O8. The van der Waals surface area contributed by atoms with Gasteiger partial charge in [-0.15, -0.1) is 0 Å². The van der Waals surface area contributed by atoms with E-state index < -0.39 is 42.1 Å². The average Bonchev–Trinajstić information content (AvgIpc) is 2.97. The van der Waals surface area contributed by atoms with Crippen LogP contribution in [0.25, 0.3) is 0 Å². The minimum absolute atomic E-state index is 0.0234. The van der Waals surface area contributed by atoms with Crippen molar-refractivity contribution in [3.05, 3.63) is 11.6 Å². The lowest BCUT2D eigenvalue weighted by molar-refractivity contribution is -0.290. The van der Waals surface area contributed by atoms with Gasteiger partial charge in [-0.3, -0.25) is 9.59 Å². The number of rotatable bonds is 5. The van der Waals surface area contributed by atoms with Crippen LogP contribution in [0.5, 0.6) is 0 Å². The Balaban J connectivity index is 1.29. The lowest BCUT2D eigenvalue weighted by atomic mass is 9.33. The predicted octanol–water partition coefficient (Wildman–Crippen LogP) is 5.72. The highest BCUT2D eigenvalue weighted by Gasteiger charge is 2.69. The molecule has 1 saturated heterocycles. The Labute approximate surface area is 269 Å². The number of hydrogen-bond acceptors (Lipinski definition) is 7. The molecule has 6 rings (SSSR count). The summed E-state index contributed by atoms with van der Waals surface area (Å²) in [5.41, 5.74) is 0.925. The van der Waals surface area contributed by atoms with Crippen LogP contribution in [0.4, 0.5) is 0 Å². The maximum absolute atomic E-state index is 13.0. The minimum Gasteiger partial charge on any atom is -0.481 e. The Morgan fingerprint density at radius 1 is 0.933 bits per heavy atom. The molecule has 0 bridgehead atoms. The van der Waals surface area contributed by atoms with E-state index in [0.29, 0.717) is 30.1 Å². The summed E-state index contributed by atoms with van der Waals surface area (Å²) in [6.45, 7) is 17.1. The van der Waals surface area contributed by atoms with Gasteiger partial charge in [-0.05, 0) is 121 Å². The fourth-order valence-electron chi connectivity index (χ4n) is 12.9. The number of ether oxygens (including phenoxy) is 2. The molecule has 1 aliphatic heterocycles. The van der Waals surface area contributed by atoms with Gasteiger partial charge < -0.3 is 29.9 Å². The molecule has 6 aliphatic rings. The maximum Gasteiger partial charge on any atom is 0.310 e. The van der Waals surface area contributed by atoms with Crippen LogP contribution in [0.2, 0.25) is 0 Å². The Hall–Kier alpha value is -1.48. The molecule has 8 nitrogen and oxygen atoms in total. The van der Waals surface area contributed by atoms with Crippen molar-refractivity contribution in [1.29, 1.82) is 0 Å². The van der Waals surface area contributed by atoms with E-state index in [9.17, 15) is 30.0 Å². The second-order valence-corrected chi connectivity index (χ2v) is 17.6. The summed E-state index contributed by atoms with van der Waals surface area (Å²) in [4.78, 5) is 24.0. The summed E-state index contributed by atoms with van der Waals surface area (Å²) in [6, 6.07) is 0. The Morgan fingerprint density at radius 3 is 2.31 bits per heavy atom. The largest absolute Gasteiger partial charge is 0.481 e. The van der Waals surface area contributed by atoms with Gasteiger partial charge in [0.1, 0.15) is 18.3 Å². The Morgan fingerprint density at radius 2 is 1.64 bits per heavy atom. The maximum atomic E-state index is 13.0. The van der Waals surface area contributed by atoms with E-state index in [-0.39, 0.29) is 40.0 Å². The van der Waals surface area contributed by atoms with Gasteiger partial charge in [0.15, 0.2) is 0 Å². The molecule has 1 heterocycles. The number of carboxylic acid groups (broad SMARTS) is 1. The number of carbonyl (C=O) groups is 2. The molecule has 0 radical (unpaired) electrons. The van der Waals surface area contributed by atoms with Crippen molar-refractivity contribution in [1.82, 2.24) is 0 Å². The molecule has 0 amide bonds. The highest BCUT2D eigenvalue weighted by atomic mass is 16.7. The first kappa shape index (κ1) is 33.4. The zero-order chi connectivity index (χ0) is 32.9. The van der Waals surface area contributed by atoms with Gasteiger partial charge in [-0.2, -0.15) is 0 Å². The number of hydrogen-bond donors (Lipinski definition) is 4. The second-order valence-electron chi connectivity index (χ2n) is 17.6. The number of allylic oxidation sites excluding steroid dienone is 2. The van der Waals surface area contributed by atoms with Gasteiger partial charge >= 0.3 is 5.97 Å². The number of carbonyl (C=O) groups excluding carboxylic acids is 1. The van der Waals surface area contributed by atoms with E-state index in [1.54, 1.807) is 0 Å². The van der Waals surface area contributed by atoms with E-state index >= 15 is 0 Å². The van der Waals surface area contributed by atoms with Gasteiger partial charge in [0.05, 0.1) is 11.5 Å². The number of aliphatic carboxylic acids is 1. The molecule has 0 spiro atoms. The lowest BCUT2D eigenvalue weighted by Crippen LogP contribution is -2.65. The van der Waals surface area contributed by atoms with Crippen LogP contribution in [0.1, 0.15) is 113 Å². The van der Waals surface area contributed by atoms with E-state index in [4.69, 9.17) is 9.47 Å². The smallest absolute Gasteiger partial charge is 0.310 e. The monoisotopic (exact) mass is 630 g/mol. The minimum atomic E-state index is -1.49. The summed E-state index contributed by atoms with van der Waals surface area (Å²) in [5, 5.41) is 42.3. The zero-order valence-corrected chi connectivity index (χ0v) is 28.5. The first-order valence-electron chi connectivity index (χ1n) is 17.7. The van der Waals surface area contributed by atoms with Crippen molar-refractivity contribution < 1.29 is 39.5 Å². The molecule has 5 aliphatic carbocycles. The molecule has 254 valence electrons. The quantitative estimate of drug-likeness (QED) is 0.224. The molecule has 15 atom stereocenters. The van der Waals surface area contributed by atoms with Crippen molar-refractivity contribution in [3.63, 3.8) is 0 Å². The van der Waals surface area contributed by atoms with E-state index in [2.05, 4.69) is 54.5 Å². The van der Waals surface area contributed by atoms with Crippen molar-refractivity contribution in [2.75, 3.05) is 0 Å². The summed E-state index contributed by atoms with van der Waals surface area (Å²) < 4.78 is 10.8. The molecule has 8 heteroatoms. The molecule has 0 aromatic rings. The number of carboxylic acids is 1. The third kappa shape index (κ3) is 4.50. The molecule has 4 N–H and O–H groups in total. The average molecular weight is 631 g/mol. The Bertz CT molecular complexity index is 1210. The molecule has 5 fully saturated rings. The standard InChI is InChI=1S/C37H58O8/c1-20-10-15-37(32(42)43)17-16-35(6)23(27(37)21(20)2)8-9-26-34(5)13-11-22(33(3,4)25(34)12-14-36(26,35)7)18-24-28(39)29(40)30(41)31(45-24)44-19-38/h8,19-22,24-31,39-41H,9-18H2,1-7H3,(H,42,43)/t20-,21+,22+,24+,25?,26?,27?,28-,29?,30+,31?,34+,35-,36-,37+/m1/s1. The van der Waals surface area contributed by atoms with Crippen LogP contribution >= 0.6 is 0 Å². The topological polar surface area (TPSA) is 134 Å². The normalized spacial score (nSPS) is 53.9. The van der Waals surface area contributed by atoms with Gasteiger partial charge in [0, 0.05) is 0 Å². The Kier molecular flexibility index (Phi) is 8.19. The van der Waals surface area contributed by atoms with Gasteiger partial charge in [0.25, 0.3) is 6.47 Å². The van der Waals surface area contributed by atoms with Crippen LogP contribution in [-0.4, -0.2) is 63.6 Å². The number of aliphatic hydroxyl groups excluding tert-OH is 3. The first-order chi connectivity index (χ1) is 21.0. The summed E-state index contributed by atoms with van der Waals surface area (Å²) >= 11 is 0. The summed E-state index contributed by atoms with van der Waals surface area (Å²) in [7, 11) is 0. The van der Waals surface area contributed by atoms with Crippen LogP contribution in [-0.2, 0) is 19.1 Å². The van der Waals surface area contributed by atoms with Crippen molar-refractivity contribution >= 4 is 12.4 Å². The van der Waals surface area contributed by atoms with E-state index in [0.717, 1.165) is 57.8 Å². The molecule has 4 saturated carbocycles. The summed E-state index contributed by atoms with van der Waals surface area (Å²) in [5.74, 6) is 1.57. The van der Waals surface area contributed by atoms with Gasteiger partial charge in [0.2, 0.25) is 6.29 Å². The van der Waals surface area contributed by atoms with Crippen LogP contribution in [0, 0.1) is 62.6 Å². The zero-order valence-electron chi connectivity index (χ0n) is 28.5. The third-order valence-corrected chi connectivity index (χ3v) is 16.0. The van der Waals surface area contributed by atoms with Crippen molar-refractivity contribution in [2.45, 2.75) is 143 Å². The second kappa shape index (κ2) is 11.0. The molecule has 0 aromatic carbocycles. The predicted molar refractivity (Wildman–Crippen MR) is 169 cm³/mol. The van der Waals surface area contributed by atoms with E-state index in [1.165, 1.54) is 5.57 Å². The van der Waals surface area contributed by atoms with Crippen LogP contribution in [0.3, 0.4) is 0 Å². The van der Waals surface area contributed by atoms with Crippen molar-refractivity contribution in [2.24, 2.45) is 62.6 Å². The van der Waals surface area contributed by atoms with Gasteiger partial charge in [-0.1, -0.05) is 60.1 Å². The van der Waals surface area contributed by atoms with E-state index in [1.807, 2.05) is 0 Å². The van der Waals surface area contributed by atoms with Crippen LogP contribution < -0.4 is 0 Å². The molecule has 0 aromatic heterocycles. The number of fused-ring (bicyclic) bond motifs is 7. The van der Waals surface area contributed by atoms with Crippen LogP contribution in [0.15, 0.2) is 11.6 Å². The van der Waals surface area contributed by atoms with Gasteiger partial charge in [-0.25, -0.2) is 0 Å². The highest BCUT2D eigenvalue weighted by molar-refractivity contribution is 5.76. The molecule has 5 unspecified atom stereocenters. The number of aliphatic hydroxyl groups is 3. The fraction of sp³-hybridized carbons (Fsp3) is 0.892. The fourth-order valence-corrected chi connectivity index (χ4v) is 12.9. The SMILES string of the molecule is C[C@@H]1CC[C@]2(C(=O)O)CC[C@]3(C)C(=CCC4[C@@]5(C)CC[C@@H](C[C@@H]6OC(OC=O)[C@@H](O)C(O)[C@@H]6O)C(C)(C)C5CC[C@]43C)C2[C@H]1C. The van der Waals surface area contributed by atoms with Crippen molar-refractivity contribution in [3.8, 4) is 0 Å². The molecular weight excluding hydrogens is 572 g/mol. The molecule has 45 heavy (non-hydrogen) atoms. The first-order valence-corrected chi connectivity index (χ1v) is 17.7. The lowest BCUT2D eigenvalue weighted by Gasteiger charge is -2.71.